The van der Waals surface area contributed by atoms with Gasteiger partial charge in [-0.25, -0.2) is 9.59 Å². The summed E-state index contributed by atoms with van der Waals surface area (Å²) >= 11 is 1.87. The van der Waals surface area contributed by atoms with Gasteiger partial charge in [-0.15, -0.1) is 0 Å². The predicted octanol–water partition coefficient (Wildman–Crippen LogP) is 0.692. The molecule has 3 aliphatic rings. The van der Waals surface area contributed by atoms with Gasteiger partial charge in [0.1, 0.15) is 6.04 Å². The maximum Gasteiger partial charge on any atom is 0.326 e. The van der Waals surface area contributed by atoms with Crippen LogP contribution < -0.4 is 16.0 Å². The van der Waals surface area contributed by atoms with Crippen LogP contribution in [0.1, 0.15) is 38.5 Å². The smallest absolute Gasteiger partial charge is 0.326 e. The number of carboxylic acid groups (broad SMARTS) is 1. The van der Waals surface area contributed by atoms with Gasteiger partial charge in [0, 0.05) is 17.4 Å². The second kappa shape index (κ2) is 6.98. The van der Waals surface area contributed by atoms with Crippen LogP contribution in [-0.2, 0) is 9.59 Å². The van der Waals surface area contributed by atoms with Crippen molar-refractivity contribution < 1.29 is 19.5 Å². The average Bonchev–Trinajstić information content (AvgIpc) is 3.17. The standard InChI is InChI=1S/C15H23N3O4S/c19-11(17-12(14(20)21)8-5-6-8)4-2-1-3-10-13-9(7-23-10)16-15(22)18-13/h8-10,12-13H,1-7H2,(H,17,19)(H,20,21)(H2,16,18,22)/t9-,10-,12?,13-/m0/s1. The molecule has 3 fully saturated rings. The van der Waals surface area contributed by atoms with E-state index >= 15 is 0 Å². The Morgan fingerprint density at radius 2 is 2.09 bits per heavy atom. The van der Waals surface area contributed by atoms with E-state index in [9.17, 15) is 14.4 Å². The number of urea groups is 1. The number of hydrogen-bond acceptors (Lipinski definition) is 4. The third-order valence-electron chi connectivity index (χ3n) is 4.76. The van der Waals surface area contributed by atoms with Gasteiger partial charge in [0.25, 0.3) is 0 Å². The number of carboxylic acids is 1. The molecule has 2 aliphatic heterocycles. The quantitative estimate of drug-likeness (QED) is 0.384. The third-order valence-corrected chi connectivity index (χ3v) is 6.27. The molecule has 0 aromatic carbocycles. The molecule has 2 heterocycles. The van der Waals surface area contributed by atoms with E-state index in [4.69, 9.17) is 5.11 Å². The number of amides is 3. The topological polar surface area (TPSA) is 108 Å². The summed E-state index contributed by atoms with van der Waals surface area (Å²) < 4.78 is 0. The van der Waals surface area contributed by atoms with Crippen LogP contribution in [0.15, 0.2) is 0 Å². The zero-order valence-corrected chi connectivity index (χ0v) is 13.7. The Balaban J connectivity index is 1.33. The number of unbranched alkanes of at least 4 members (excludes halogenated alkanes) is 1. The molecule has 1 unspecified atom stereocenters. The van der Waals surface area contributed by atoms with Crippen molar-refractivity contribution >= 4 is 29.7 Å². The lowest BCUT2D eigenvalue weighted by Gasteiger charge is -2.17. The van der Waals surface area contributed by atoms with Gasteiger partial charge >= 0.3 is 12.0 Å². The Kier molecular flexibility index (Phi) is 4.99. The van der Waals surface area contributed by atoms with E-state index in [1.807, 2.05) is 11.8 Å². The molecule has 0 aromatic heterocycles. The van der Waals surface area contributed by atoms with Gasteiger partial charge in [0.05, 0.1) is 12.1 Å². The van der Waals surface area contributed by atoms with Crippen LogP contribution in [0.3, 0.4) is 0 Å². The van der Waals surface area contributed by atoms with Crippen molar-refractivity contribution in [3.63, 3.8) is 0 Å². The van der Waals surface area contributed by atoms with Gasteiger partial charge < -0.3 is 21.1 Å². The van der Waals surface area contributed by atoms with Crippen molar-refractivity contribution in [3.8, 4) is 0 Å². The van der Waals surface area contributed by atoms with E-state index < -0.39 is 12.0 Å². The summed E-state index contributed by atoms with van der Waals surface area (Å²) in [6, 6.07) is -0.360. The summed E-state index contributed by atoms with van der Waals surface area (Å²) in [5.41, 5.74) is 0. The molecule has 1 aliphatic carbocycles. The Hall–Kier alpha value is -1.44. The number of fused-ring (bicyclic) bond motifs is 1. The molecule has 3 rings (SSSR count). The van der Waals surface area contributed by atoms with Crippen molar-refractivity contribution in [1.29, 1.82) is 0 Å². The second-order valence-electron chi connectivity index (χ2n) is 6.59. The van der Waals surface area contributed by atoms with Crippen molar-refractivity contribution in [2.75, 3.05) is 5.75 Å². The molecule has 3 amide bonds. The van der Waals surface area contributed by atoms with Crippen LogP contribution in [0.5, 0.6) is 0 Å². The van der Waals surface area contributed by atoms with Gasteiger partial charge in [0.2, 0.25) is 5.91 Å². The van der Waals surface area contributed by atoms with Crippen LogP contribution in [0, 0.1) is 5.92 Å². The molecular formula is C15H23N3O4S. The number of rotatable bonds is 8. The SMILES string of the molecule is O=C(CCCC[C@@H]1SC[C@@H]2NC(=O)N[C@@H]21)NC(C(=O)O)C1CC1. The lowest BCUT2D eigenvalue weighted by atomic mass is 10.0. The number of carbonyl (C=O) groups is 3. The molecule has 4 N–H and O–H groups in total. The minimum Gasteiger partial charge on any atom is -0.480 e. The molecular weight excluding hydrogens is 318 g/mol. The lowest BCUT2D eigenvalue weighted by Crippen LogP contribution is -2.42. The Morgan fingerprint density at radius 3 is 2.78 bits per heavy atom. The van der Waals surface area contributed by atoms with E-state index in [0.29, 0.717) is 11.7 Å². The summed E-state index contributed by atoms with van der Waals surface area (Å²) in [5.74, 6) is -0.0477. The molecule has 0 radical (unpaired) electrons. The molecule has 7 nitrogen and oxygen atoms in total. The number of aliphatic carboxylic acids is 1. The van der Waals surface area contributed by atoms with Crippen molar-refractivity contribution in [3.05, 3.63) is 0 Å². The van der Waals surface area contributed by atoms with Gasteiger partial charge in [-0.2, -0.15) is 11.8 Å². The van der Waals surface area contributed by atoms with Crippen molar-refractivity contribution in [2.24, 2.45) is 5.92 Å². The molecule has 2 saturated heterocycles. The molecule has 4 atom stereocenters. The zero-order valence-electron chi connectivity index (χ0n) is 12.9. The van der Waals surface area contributed by atoms with Gasteiger partial charge in [-0.1, -0.05) is 6.42 Å². The van der Waals surface area contributed by atoms with Gasteiger partial charge in [-0.05, 0) is 31.6 Å². The average molecular weight is 341 g/mol. The highest BCUT2D eigenvalue weighted by atomic mass is 32.2. The summed E-state index contributed by atoms with van der Waals surface area (Å²) in [6.07, 6.45) is 4.76. The Labute approximate surface area is 139 Å². The first-order chi connectivity index (χ1) is 11.0. The fourth-order valence-electron chi connectivity index (χ4n) is 3.33. The van der Waals surface area contributed by atoms with Crippen LogP contribution in [-0.4, -0.2) is 52.1 Å². The largest absolute Gasteiger partial charge is 0.480 e. The molecule has 23 heavy (non-hydrogen) atoms. The first kappa shape index (κ1) is 16.4. The Bertz CT molecular complexity index is 497. The summed E-state index contributed by atoms with van der Waals surface area (Å²) in [4.78, 5) is 34.3. The predicted molar refractivity (Wildman–Crippen MR) is 86.2 cm³/mol. The monoisotopic (exact) mass is 341 g/mol. The van der Waals surface area contributed by atoms with E-state index in [0.717, 1.165) is 37.9 Å². The minimum atomic E-state index is -0.932. The molecule has 8 heteroatoms. The fraction of sp³-hybridized carbons (Fsp3) is 0.800. The van der Waals surface area contributed by atoms with Gasteiger partial charge in [-0.3, -0.25) is 4.79 Å². The summed E-state index contributed by atoms with van der Waals surface area (Å²) in [5, 5.41) is 18.0. The van der Waals surface area contributed by atoms with E-state index in [1.54, 1.807) is 0 Å². The van der Waals surface area contributed by atoms with E-state index in [2.05, 4.69) is 16.0 Å². The lowest BCUT2D eigenvalue weighted by molar-refractivity contribution is -0.142. The maximum atomic E-state index is 11.9. The molecule has 0 aromatic rings. The zero-order chi connectivity index (χ0) is 16.4. The summed E-state index contributed by atoms with van der Waals surface area (Å²) in [7, 11) is 0. The van der Waals surface area contributed by atoms with E-state index in [1.165, 1.54) is 0 Å². The van der Waals surface area contributed by atoms with E-state index in [-0.39, 0.29) is 29.9 Å². The summed E-state index contributed by atoms with van der Waals surface area (Å²) in [6.45, 7) is 0. The highest BCUT2D eigenvalue weighted by molar-refractivity contribution is 8.00. The van der Waals surface area contributed by atoms with Crippen LogP contribution in [0.2, 0.25) is 0 Å². The third kappa shape index (κ3) is 4.10. The van der Waals surface area contributed by atoms with Crippen molar-refractivity contribution in [1.82, 2.24) is 16.0 Å². The molecule has 0 spiro atoms. The van der Waals surface area contributed by atoms with Crippen LogP contribution in [0.25, 0.3) is 0 Å². The Morgan fingerprint density at radius 1 is 1.30 bits per heavy atom. The van der Waals surface area contributed by atoms with Crippen molar-refractivity contribution in [2.45, 2.75) is 61.9 Å². The highest BCUT2D eigenvalue weighted by Crippen LogP contribution is 2.34. The first-order valence-electron chi connectivity index (χ1n) is 8.25. The minimum absolute atomic E-state index is 0.0792. The first-order valence-corrected chi connectivity index (χ1v) is 9.30. The molecule has 0 bridgehead atoms. The maximum absolute atomic E-state index is 11.9. The molecule has 1 saturated carbocycles. The number of hydrogen-bond donors (Lipinski definition) is 4. The second-order valence-corrected chi connectivity index (χ2v) is 7.86. The van der Waals surface area contributed by atoms with Crippen LogP contribution in [0.4, 0.5) is 4.79 Å². The highest BCUT2D eigenvalue weighted by Gasteiger charge is 2.42. The van der Waals surface area contributed by atoms with Gasteiger partial charge in [0.15, 0.2) is 0 Å². The number of carbonyl (C=O) groups excluding carboxylic acids is 2. The fourth-order valence-corrected chi connectivity index (χ4v) is 4.87. The molecule has 128 valence electrons. The van der Waals surface area contributed by atoms with Crippen LogP contribution >= 0.6 is 11.8 Å². The normalized spacial score (nSPS) is 30.3. The number of nitrogens with one attached hydrogen (secondary N) is 3. The number of thioether (sulfide) groups is 1.